The average molecular weight is 313 g/mol. The van der Waals surface area contributed by atoms with Crippen molar-refractivity contribution in [2.75, 3.05) is 19.7 Å². The first-order valence-corrected chi connectivity index (χ1v) is 8.28. The smallest absolute Gasteiger partial charge is 0.222 e. The summed E-state index contributed by atoms with van der Waals surface area (Å²) in [4.78, 5) is 14.4. The molecule has 0 radical (unpaired) electrons. The lowest BCUT2D eigenvalue weighted by atomic mass is 9.94. The van der Waals surface area contributed by atoms with Gasteiger partial charge in [-0.2, -0.15) is 5.10 Å². The number of carbonyl (C=O) groups excluding carboxylic acids is 1. The average Bonchev–Trinajstić information content (AvgIpc) is 3.14. The monoisotopic (exact) mass is 313 g/mol. The zero-order valence-corrected chi connectivity index (χ0v) is 13.3. The number of aromatic nitrogens is 2. The summed E-state index contributed by atoms with van der Waals surface area (Å²) < 4.78 is 5.64. The molecule has 122 valence electrons. The molecule has 5 nitrogen and oxygen atoms in total. The molecule has 1 atom stereocenters. The van der Waals surface area contributed by atoms with Crippen LogP contribution in [-0.2, 0) is 4.79 Å². The molecule has 3 rings (SSSR count). The van der Waals surface area contributed by atoms with E-state index >= 15 is 0 Å². The van der Waals surface area contributed by atoms with Crippen LogP contribution >= 0.6 is 0 Å². The zero-order valence-electron chi connectivity index (χ0n) is 13.3. The molecule has 1 aliphatic heterocycles. The number of hydrogen-bond donors (Lipinski definition) is 1. The van der Waals surface area contributed by atoms with Gasteiger partial charge in [0.25, 0.3) is 0 Å². The fraction of sp³-hybridized carbons (Fsp3) is 0.444. The molecule has 1 N–H and O–H groups in total. The summed E-state index contributed by atoms with van der Waals surface area (Å²) in [6.07, 6.45) is 5.23. The van der Waals surface area contributed by atoms with Crippen LogP contribution in [0.1, 0.15) is 37.3 Å². The second-order valence-corrected chi connectivity index (χ2v) is 5.96. The molecule has 1 aromatic heterocycles. The summed E-state index contributed by atoms with van der Waals surface area (Å²) in [6, 6.07) is 11.7. The summed E-state index contributed by atoms with van der Waals surface area (Å²) in [6.45, 7) is 2.23. The van der Waals surface area contributed by atoms with Gasteiger partial charge in [-0.05, 0) is 37.5 Å². The Kier molecular flexibility index (Phi) is 5.29. The highest BCUT2D eigenvalue weighted by Crippen LogP contribution is 2.25. The molecule has 0 bridgehead atoms. The molecule has 2 aromatic rings. The highest BCUT2D eigenvalue weighted by atomic mass is 16.5. The number of H-pyrrole nitrogens is 1. The number of aromatic amines is 1. The van der Waals surface area contributed by atoms with Crippen molar-refractivity contribution >= 4 is 5.91 Å². The zero-order chi connectivity index (χ0) is 15.9. The van der Waals surface area contributed by atoms with Crippen molar-refractivity contribution in [3.63, 3.8) is 0 Å². The van der Waals surface area contributed by atoms with Crippen LogP contribution in [0.2, 0.25) is 0 Å². The summed E-state index contributed by atoms with van der Waals surface area (Å²) >= 11 is 0. The Morgan fingerprint density at radius 3 is 2.96 bits per heavy atom. The van der Waals surface area contributed by atoms with E-state index in [0.717, 1.165) is 43.8 Å². The lowest BCUT2D eigenvalue weighted by Crippen LogP contribution is -2.39. The maximum absolute atomic E-state index is 12.4. The predicted octanol–water partition coefficient (Wildman–Crippen LogP) is 2.97. The quantitative estimate of drug-likeness (QED) is 0.834. The second kappa shape index (κ2) is 7.81. The van der Waals surface area contributed by atoms with E-state index in [9.17, 15) is 4.79 Å². The molecule has 1 aliphatic rings. The van der Waals surface area contributed by atoms with Crippen LogP contribution in [0, 0.1) is 0 Å². The van der Waals surface area contributed by atoms with E-state index < -0.39 is 0 Å². The third-order valence-electron chi connectivity index (χ3n) is 4.28. The number of hydrogen-bond acceptors (Lipinski definition) is 3. The van der Waals surface area contributed by atoms with Crippen molar-refractivity contribution in [1.82, 2.24) is 15.1 Å². The number of nitrogens with one attached hydrogen (secondary N) is 1. The molecule has 0 saturated carbocycles. The Bertz CT molecular complexity index is 598. The molecular formula is C18H23N3O2. The third kappa shape index (κ3) is 4.34. The van der Waals surface area contributed by atoms with Gasteiger partial charge >= 0.3 is 0 Å². The SMILES string of the molecule is O=C(CCCOc1ccccc1)N1CCCC(c2ccn[nH]2)C1. The lowest BCUT2D eigenvalue weighted by Gasteiger charge is -2.32. The molecule has 1 amide bonds. The lowest BCUT2D eigenvalue weighted by molar-refractivity contribution is -0.132. The molecule has 1 fully saturated rings. The van der Waals surface area contributed by atoms with Gasteiger partial charge in [-0.25, -0.2) is 0 Å². The van der Waals surface area contributed by atoms with Crippen molar-refractivity contribution in [3.05, 3.63) is 48.3 Å². The van der Waals surface area contributed by atoms with Crippen LogP contribution in [0.5, 0.6) is 5.75 Å². The summed E-state index contributed by atoms with van der Waals surface area (Å²) in [5.74, 6) is 1.47. The van der Waals surface area contributed by atoms with Gasteiger partial charge in [-0.1, -0.05) is 18.2 Å². The number of para-hydroxylation sites is 1. The number of ether oxygens (including phenoxy) is 1. The Balaban J connectivity index is 1.41. The Morgan fingerprint density at radius 2 is 2.17 bits per heavy atom. The normalized spacial score (nSPS) is 17.9. The van der Waals surface area contributed by atoms with Crippen molar-refractivity contribution in [2.24, 2.45) is 0 Å². The second-order valence-electron chi connectivity index (χ2n) is 5.96. The predicted molar refractivity (Wildman–Crippen MR) is 88.3 cm³/mol. The number of carbonyl (C=O) groups is 1. The van der Waals surface area contributed by atoms with E-state index in [-0.39, 0.29) is 5.91 Å². The van der Waals surface area contributed by atoms with Crippen molar-refractivity contribution in [2.45, 2.75) is 31.6 Å². The van der Waals surface area contributed by atoms with Crippen LogP contribution in [0.4, 0.5) is 0 Å². The van der Waals surface area contributed by atoms with E-state index in [2.05, 4.69) is 10.2 Å². The van der Waals surface area contributed by atoms with Crippen LogP contribution < -0.4 is 4.74 Å². The topological polar surface area (TPSA) is 58.2 Å². The number of rotatable bonds is 6. The van der Waals surface area contributed by atoms with Crippen molar-refractivity contribution < 1.29 is 9.53 Å². The van der Waals surface area contributed by atoms with E-state index in [0.29, 0.717) is 18.9 Å². The first kappa shape index (κ1) is 15.6. The Hall–Kier alpha value is -2.30. The standard InChI is InChI=1S/C18H23N3O2/c22-18(9-5-13-23-16-7-2-1-3-8-16)21-12-4-6-15(14-21)17-10-11-19-20-17/h1-3,7-8,10-11,15H,4-6,9,12-14H2,(H,19,20). The van der Waals surface area contributed by atoms with Crippen LogP contribution in [0.25, 0.3) is 0 Å². The molecule has 23 heavy (non-hydrogen) atoms. The Morgan fingerprint density at radius 1 is 1.30 bits per heavy atom. The maximum atomic E-state index is 12.4. The summed E-state index contributed by atoms with van der Waals surface area (Å²) in [7, 11) is 0. The van der Waals surface area contributed by atoms with E-state index in [4.69, 9.17) is 4.74 Å². The highest BCUT2D eigenvalue weighted by Gasteiger charge is 2.25. The first-order chi connectivity index (χ1) is 11.3. The van der Waals surface area contributed by atoms with Gasteiger partial charge in [-0.3, -0.25) is 9.89 Å². The van der Waals surface area contributed by atoms with Crippen LogP contribution in [-0.4, -0.2) is 40.7 Å². The fourth-order valence-electron chi connectivity index (χ4n) is 3.04. The van der Waals surface area contributed by atoms with Crippen molar-refractivity contribution in [1.29, 1.82) is 0 Å². The van der Waals surface area contributed by atoms with Gasteiger partial charge in [-0.15, -0.1) is 0 Å². The highest BCUT2D eigenvalue weighted by molar-refractivity contribution is 5.76. The van der Waals surface area contributed by atoms with Crippen LogP contribution in [0.15, 0.2) is 42.6 Å². The minimum absolute atomic E-state index is 0.228. The molecule has 5 heteroatoms. The maximum Gasteiger partial charge on any atom is 0.222 e. The summed E-state index contributed by atoms with van der Waals surface area (Å²) in [5, 5.41) is 7.04. The third-order valence-corrected chi connectivity index (χ3v) is 4.28. The Labute approximate surface area is 136 Å². The van der Waals surface area contributed by atoms with Gasteiger partial charge in [0.05, 0.1) is 6.61 Å². The molecule has 0 aliphatic carbocycles. The molecule has 0 spiro atoms. The van der Waals surface area contributed by atoms with Gasteiger partial charge < -0.3 is 9.64 Å². The number of amides is 1. The first-order valence-electron chi connectivity index (χ1n) is 8.28. The van der Waals surface area contributed by atoms with E-state index in [1.54, 1.807) is 6.20 Å². The van der Waals surface area contributed by atoms with E-state index in [1.807, 2.05) is 41.3 Å². The summed E-state index contributed by atoms with van der Waals surface area (Å²) in [5.41, 5.74) is 1.13. The van der Waals surface area contributed by atoms with Gasteiger partial charge in [0.1, 0.15) is 5.75 Å². The van der Waals surface area contributed by atoms with Gasteiger partial charge in [0, 0.05) is 37.3 Å². The number of likely N-dealkylation sites (tertiary alicyclic amines) is 1. The number of benzene rings is 1. The van der Waals surface area contributed by atoms with Crippen molar-refractivity contribution in [3.8, 4) is 5.75 Å². The minimum Gasteiger partial charge on any atom is -0.494 e. The molecule has 1 saturated heterocycles. The van der Waals surface area contributed by atoms with Gasteiger partial charge in [0.15, 0.2) is 0 Å². The molecule has 1 aromatic carbocycles. The molecule has 2 heterocycles. The number of nitrogens with zero attached hydrogens (tertiary/aromatic N) is 2. The van der Waals surface area contributed by atoms with E-state index in [1.165, 1.54) is 0 Å². The minimum atomic E-state index is 0.228. The number of piperidine rings is 1. The van der Waals surface area contributed by atoms with Gasteiger partial charge in [0.2, 0.25) is 5.91 Å². The molecule has 1 unspecified atom stereocenters. The fourth-order valence-corrected chi connectivity index (χ4v) is 3.04. The largest absolute Gasteiger partial charge is 0.494 e. The van der Waals surface area contributed by atoms with Crippen LogP contribution in [0.3, 0.4) is 0 Å². The molecular weight excluding hydrogens is 290 g/mol.